The fourth-order valence-electron chi connectivity index (χ4n) is 2.46. The second-order valence-corrected chi connectivity index (χ2v) is 5.10. The Morgan fingerprint density at radius 3 is 1.75 bits per heavy atom. The van der Waals surface area contributed by atoms with Gasteiger partial charge in [0.15, 0.2) is 0 Å². The molecule has 112 valence electrons. The molecule has 0 bridgehead atoms. The quantitative estimate of drug-likeness (QED) is 0.454. The Hall–Kier alpha value is -1.46. The maximum absolute atomic E-state index is 6.00. The van der Waals surface area contributed by atoms with Gasteiger partial charge in [0.05, 0.1) is 0 Å². The smallest absolute Gasteiger partial charge is 0.0146 e. The number of benzene rings is 2. The molecule has 4 N–H and O–H groups in total. The summed E-state index contributed by atoms with van der Waals surface area (Å²) in [5.41, 5.74) is 3.02. The summed E-state index contributed by atoms with van der Waals surface area (Å²) in [6.07, 6.45) is 0. The molecule has 4 nitrogen and oxygen atoms in total. The first-order valence-electron chi connectivity index (χ1n) is 6.52. The summed E-state index contributed by atoms with van der Waals surface area (Å²) in [6.45, 7) is 9.12. The van der Waals surface area contributed by atoms with Gasteiger partial charge in [-0.25, -0.2) is 0 Å². The molecule has 0 unspecified atom stereocenters. The third kappa shape index (κ3) is 4.28. The number of hydrogen-bond donors (Lipinski definition) is 4. The largest absolute Gasteiger partial charge is 0.255 e. The third-order valence-corrected chi connectivity index (χ3v) is 3.20. The summed E-state index contributed by atoms with van der Waals surface area (Å²) in [5, 5.41) is 26.8. The number of hydrogen-bond acceptors (Lipinski definition) is 4. The molecule has 2 aromatic carbocycles. The van der Waals surface area contributed by atoms with Crippen molar-refractivity contribution in [2.75, 3.05) is 0 Å². The highest BCUT2D eigenvalue weighted by Gasteiger charge is 2.12. The molecule has 0 spiro atoms. The zero-order valence-electron chi connectivity index (χ0n) is 12.4. The lowest BCUT2D eigenvalue weighted by Crippen LogP contribution is -1.99. The van der Waals surface area contributed by atoms with Crippen molar-refractivity contribution in [3.05, 3.63) is 47.5 Å². The second-order valence-electron chi connectivity index (χ2n) is 5.10. The topological polar surface area (TPSA) is 80.9 Å². The predicted octanol–water partition coefficient (Wildman–Crippen LogP) is 5.12. The average molecular weight is 280 g/mol. The van der Waals surface area contributed by atoms with E-state index in [0.717, 1.165) is 0 Å². The Kier molecular flexibility index (Phi) is 8.76. The molecule has 0 saturated heterocycles. The van der Waals surface area contributed by atoms with Crippen molar-refractivity contribution >= 4 is 10.8 Å². The lowest BCUT2D eigenvalue weighted by molar-refractivity contribution is -0.176. The van der Waals surface area contributed by atoms with Crippen molar-refractivity contribution in [2.24, 2.45) is 0 Å². The van der Waals surface area contributed by atoms with Gasteiger partial charge in [0.2, 0.25) is 0 Å². The van der Waals surface area contributed by atoms with Crippen LogP contribution in [0.4, 0.5) is 0 Å². The molecule has 20 heavy (non-hydrogen) atoms. The molecule has 0 aromatic heterocycles. The number of rotatable bonds is 2. The van der Waals surface area contributed by atoms with Gasteiger partial charge in [-0.15, -0.1) is 0 Å². The molecule has 0 heterocycles. The van der Waals surface area contributed by atoms with E-state index >= 15 is 0 Å². The van der Waals surface area contributed by atoms with Crippen LogP contribution in [-0.4, -0.2) is 21.0 Å². The van der Waals surface area contributed by atoms with Gasteiger partial charge in [-0.05, 0) is 33.7 Å². The molecule has 4 heteroatoms. The van der Waals surface area contributed by atoms with Gasteiger partial charge >= 0.3 is 0 Å². The van der Waals surface area contributed by atoms with Crippen LogP contribution in [-0.2, 0) is 0 Å². The summed E-state index contributed by atoms with van der Waals surface area (Å²) >= 11 is 0. The Bertz CT molecular complexity index is 507. The van der Waals surface area contributed by atoms with Crippen molar-refractivity contribution in [1.29, 1.82) is 0 Å². The van der Waals surface area contributed by atoms with E-state index in [-0.39, 0.29) is 0 Å². The van der Waals surface area contributed by atoms with Gasteiger partial charge in [0.1, 0.15) is 0 Å². The van der Waals surface area contributed by atoms with Crippen molar-refractivity contribution in [2.45, 2.75) is 39.5 Å². The van der Waals surface area contributed by atoms with Crippen LogP contribution in [0.25, 0.3) is 10.8 Å². The maximum Gasteiger partial charge on any atom is -0.0146 e. The fourth-order valence-corrected chi connectivity index (χ4v) is 2.46. The molecular formula is C16H24O4. The highest BCUT2D eigenvalue weighted by Crippen LogP contribution is 2.32. The molecule has 0 fully saturated rings. The molecule has 0 radical (unpaired) electrons. The predicted molar refractivity (Wildman–Crippen MR) is 82.6 cm³/mol. The van der Waals surface area contributed by atoms with Crippen LogP contribution in [0.15, 0.2) is 36.4 Å². The van der Waals surface area contributed by atoms with E-state index in [9.17, 15) is 0 Å². The summed E-state index contributed by atoms with van der Waals surface area (Å²) in [5.74, 6) is 1.19. The summed E-state index contributed by atoms with van der Waals surface area (Å²) in [7, 11) is 0. The Morgan fingerprint density at radius 1 is 0.700 bits per heavy atom. The molecule has 0 aliphatic carbocycles. The second kappa shape index (κ2) is 9.44. The van der Waals surface area contributed by atoms with Crippen molar-refractivity contribution < 1.29 is 21.0 Å². The molecular weight excluding hydrogens is 256 g/mol. The lowest BCUT2D eigenvalue weighted by atomic mass is 9.86. The van der Waals surface area contributed by atoms with Crippen LogP contribution in [0, 0.1) is 0 Å². The van der Waals surface area contributed by atoms with Crippen LogP contribution in [0.2, 0.25) is 0 Å². The van der Waals surface area contributed by atoms with Gasteiger partial charge in [0, 0.05) is 0 Å². The molecule has 0 saturated carbocycles. The fraction of sp³-hybridized carbons (Fsp3) is 0.375. The van der Waals surface area contributed by atoms with Crippen LogP contribution >= 0.6 is 0 Å². The molecule has 0 amide bonds. The summed E-state index contributed by atoms with van der Waals surface area (Å²) < 4.78 is 0. The van der Waals surface area contributed by atoms with Crippen molar-refractivity contribution in [3.8, 4) is 0 Å². The van der Waals surface area contributed by atoms with E-state index in [1.54, 1.807) is 0 Å². The molecule has 0 aliphatic rings. The highest BCUT2D eigenvalue weighted by molar-refractivity contribution is 5.87. The molecule has 2 rings (SSSR count). The van der Waals surface area contributed by atoms with Crippen molar-refractivity contribution in [3.63, 3.8) is 0 Å². The zero-order chi connectivity index (χ0) is 15.7. The van der Waals surface area contributed by atoms with Crippen LogP contribution < -0.4 is 0 Å². The van der Waals surface area contributed by atoms with E-state index in [2.05, 4.69) is 64.1 Å². The first-order chi connectivity index (χ1) is 9.61. The van der Waals surface area contributed by atoms with Crippen LogP contribution in [0.3, 0.4) is 0 Å². The summed E-state index contributed by atoms with van der Waals surface area (Å²) in [4.78, 5) is 0. The molecule has 2 aromatic rings. The summed E-state index contributed by atoms with van der Waals surface area (Å²) in [6, 6.07) is 13.2. The minimum atomic E-state index is 0.587. The van der Waals surface area contributed by atoms with Crippen LogP contribution in [0.1, 0.15) is 50.7 Å². The Balaban J connectivity index is 0.000000829. The molecule has 0 atom stereocenters. The van der Waals surface area contributed by atoms with E-state index in [1.165, 1.54) is 21.9 Å². The van der Waals surface area contributed by atoms with Gasteiger partial charge in [0.25, 0.3) is 0 Å². The van der Waals surface area contributed by atoms with E-state index < -0.39 is 0 Å². The van der Waals surface area contributed by atoms with Gasteiger partial charge in [-0.3, -0.25) is 21.0 Å². The van der Waals surface area contributed by atoms with Gasteiger partial charge < -0.3 is 0 Å². The highest BCUT2D eigenvalue weighted by atomic mass is 17.0. The number of fused-ring (bicyclic) bond motifs is 1. The lowest BCUT2D eigenvalue weighted by Gasteiger charge is -2.18. The van der Waals surface area contributed by atoms with E-state index in [4.69, 9.17) is 21.0 Å². The first-order valence-corrected chi connectivity index (χ1v) is 6.52. The van der Waals surface area contributed by atoms with E-state index in [0.29, 0.717) is 11.8 Å². The maximum atomic E-state index is 6.00. The Morgan fingerprint density at radius 2 is 1.25 bits per heavy atom. The Labute approximate surface area is 119 Å². The standard InChI is InChI=1S/C16H20.2H2O2/c1-11(2)14-10-9-13-7-5-6-8-15(13)16(14)12(3)4;2*1-2/h5-12H,1-4H3;2*1-2H. The normalized spacial score (nSPS) is 9.90. The monoisotopic (exact) mass is 280 g/mol. The van der Waals surface area contributed by atoms with Gasteiger partial charge in [-0.1, -0.05) is 64.1 Å². The SMILES string of the molecule is CC(C)c1ccc2ccccc2c1C(C)C.OO.OO. The third-order valence-electron chi connectivity index (χ3n) is 3.20. The minimum absolute atomic E-state index is 0.587. The van der Waals surface area contributed by atoms with Gasteiger partial charge in [-0.2, -0.15) is 0 Å². The first kappa shape index (κ1) is 18.5. The van der Waals surface area contributed by atoms with Crippen molar-refractivity contribution in [1.82, 2.24) is 0 Å². The minimum Gasteiger partial charge on any atom is -0.255 e. The average Bonchev–Trinajstić information content (AvgIpc) is 2.49. The zero-order valence-corrected chi connectivity index (χ0v) is 12.4. The molecule has 0 aliphatic heterocycles. The van der Waals surface area contributed by atoms with Crippen LogP contribution in [0.5, 0.6) is 0 Å². The van der Waals surface area contributed by atoms with E-state index in [1.807, 2.05) is 0 Å².